The van der Waals surface area contributed by atoms with Gasteiger partial charge in [0.05, 0.1) is 11.0 Å². The van der Waals surface area contributed by atoms with Crippen LogP contribution >= 0.6 is 11.8 Å². The lowest BCUT2D eigenvalue weighted by Gasteiger charge is -1.96. The lowest BCUT2D eigenvalue weighted by molar-refractivity contribution is -0.132. The van der Waals surface area contributed by atoms with Gasteiger partial charge in [0.2, 0.25) is 0 Å². The summed E-state index contributed by atoms with van der Waals surface area (Å²) in [7, 11) is 0. The number of aromatic nitrogens is 2. The Bertz CT molecular complexity index is 631. The molecule has 1 aromatic carbocycles. The number of nitrogens with zero attached hydrogens (tertiary/aromatic N) is 1. The molecule has 19 heavy (non-hydrogen) atoms. The number of benzene rings is 1. The van der Waals surface area contributed by atoms with Crippen molar-refractivity contribution in [3.63, 3.8) is 0 Å². The first-order valence-corrected chi connectivity index (χ1v) is 7.10. The number of carbonyl (C=O) groups is 1. The minimum atomic E-state index is -0.844. The predicted molar refractivity (Wildman–Crippen MR) is 77.6 cm³/mol. The maximum atomic E-state index is 10.9. The van der Waals surface area contributed by atoms with E-state index in [1.54, 1.807) is 6.08 Å². The smallest absolute Gasteiger partial charge is 0.331 e. The summed E-state index contributed by atoms with van der Waals surface area (Å²) < 4.78 is 0. The van der Waals surface area contributed by atoms with E-state index in [0.717, 1.165) is 16.2 Å². The minimum Gasteiger partial charge on any atom is -0.478 e. The molecular formula is C14H16N2O2S. The van der Waals surface area contributed by atoms with Crippen molar-refractivity contribution in [3.05, 3.63) is 35.4 Å². The lowest BCUT2D eigenvalue weighted by atomic mass is 10.2. The highest BCUT2D eigenvalue weighted by Crippen LogP contribution is 2.20. The molecule has 1 aromatic heterocycles. The second-order valence-electron chi connectivity index (χ2n) is 4.26. The number of thioether (sulfide) groups is 1. The highest BCUT2D eigenvalue weighted by Gasteiger charge is 2.05. The summed E-state index contributed by atoms with van der Waals surface area (Å²) in [5.74, 6) is -0.239. The standard InChI is InChI=1S/C14H16N2O2S/c1-3-10(13(17)18)6-7-19-14-15-11-5-4-9(2)8-12(11)16-14/h4-6,8H,3,7H2,1-2H3,(H,15,16)(H,17,18). The predicted octanol–water partition coefficient (Wildman–Crippen LogP) is 3.38. The van der Waals surface area contributed by atoms with Crippen LogP contribution in [0, 0.1) is 6.92 Å². The molecule has 100 valence electrons. The SMILES string of the molecule is CCC(=CCSc1nc2ccc(C)cc2[nH]1)C(=O)O. The number of carboxylic acids is 1. The zero-order valence-corrected chi connectivity index (χ0v) is 11.8. The quantitative estimate of drug-likeness (QED) is 0.649. The molecule has 2 N–H and O–H groups in total. The Balaban J connectivity index is 2.08. The molecule has 4 nitrogen and oxygen atoms in total. The van der Waals surface area contributed by atoms with Gasteiger partial charge in [0.1, 0.15) is 0 Å². The Morgan fingerprint density at radius 1 is 1.53 bits per heavy atom. The van der Waals surface area contributed by atoms with Crippen LogP contribution in [-0.2, 0) is 4.79 Å². The first kappa shape index (κ1) is 13.7. The Labute approximate surface area is 115 Å². The van der Waals surface area contributed by atoms with Gasteiger partial charge in [-0.2, -0.15) is 0 Å². The third-order valence-corrected chi connectivity index (χ3v) is 3.62. The molecule has 0 saturated carbocycles. The molecule has 2 aromatic rings. The van der Waals surface area contributed by atoms with E-state index >= 15 is 0 Å². The normalized spacial score (nSPS) is 12.0. The molecule has 1 heterocycles. The second kappa shape index (κ2) is 5.93. The summed E-state index contributed by atoms with van der Waals surface area (Å²) in [5.41, 5.74) is 3.58. The van der Waals surface area contributed by atoms with Crippen molar-refractivity contribution in [3.8, 4) is 0 Å². The average Bonchev–Trinajstić information content (AvgIpc) is 2.75. The minimum absolute atomic E-state index is 0.444. The monoisotopic (exact) mass is 276 g/mol. The number of fused-ring (bicyclic) bond motifs is 1. The van der Waals surface area contributed by atoms with Crippen molar-refractivity contribution in [1.29, 1.82) is 0 Å². The van der Waals surface area contributed by atoms with E-state index in [4.69, 9.17) is 5.11 Å². The van der Waals surface area contributed by atoms with E-state index < -0.39 is 5.97 Å². The summed E-state index contributed by atoms with van der Waals surface area (Å²) in [6.07, 6.45) is 2.28. The van der Waals surface area contributed by atoms with Gasteiger partial charge in [-0.05, 0) is 31.0 Å². The summed E-state index contributed by atoms with van der Waals surface area (Å²) in [5, 5.41) is 9.73. The molecule has 2 rings (SSSR count). The Morgan fingerprint density at radius 2 is 2.32 bits per heavy atom. The number of aliphatic carboxylic acids is 1. The number of hydrogen-bond acceptors (Lipinski definition) is 3. The molecular weight excluding hydrogens is 260 g/mol. The molecule has 0 saturated heterocycles. The van der Waals surface area contributed by atoms with Gasteiger partial charge in [0.25, 0.3) is 0 Å². The fourth-order valence-corrected chi connectivity index (χ4v) is 2.56. The third kappa shape index (κ3) is 3.38. The van der Waals surface area contributed by atoms with Gasteiger partial charge in [-0.25, -0.2) is 9.78 Å². The molecule has 0 amide bonds. The van der Waals surface area contributed by atoms with E-state index in [1.165, 1.54) is 17.3 Å². The van der Waals surface area contributed by atoms with Crippen LogP contribution in [-0.4, -0.2) is 26.8 Å². The van der Waals surface area contributed by atoms with Gasteiger partial charge in [0, 0.05) is 11.3 Å². The average molecular weight is 276 g/mol. The summed E-state index contributed by atoms with van der Waals surface area (Å²) >= 11 is 1.51. The number of hydrogen-bond donors (Lipinski definition) is 2. The number of carboxylic acid groups (broad SMARTS) is 1. The number of nitrogens with one attached hydrogen (secondary N) is 1. The van der Waals surface area contributed by atoms with Crippen LogP contribution in [0.1, 0.15) is 18.9 Å². The Morgan fingerprint density at radius 3 is 3.00 bits per heavy atom. The van der Waals surface area contributed by atoms with Gasteiger partial charge in [-0.3, -0.25) is 0 Å². The van der Waals surface area contributed by atoms with Crippen LogP contribution < -0.4 is 0 Å². The molecule has 0 aliphatic carbocycles. The van der Waals surface area contributed by atoms with Gasteiger partial charge in [-0.15, -0.1) is 0 Å². The molecule has 0 atom stereocenters. The van der Waals surface area contributed by atoms with Gasteiger partial charge in [0.15, 0.2) is 5.16 Å². The zero-order chi connectivity index (χ0) is 13.8. The molecule has 0 bridgehead atoms. The van der Waals surface area contributed by atoms with Crippen LogP contribution in [0.3, 0.4) is 0 Å². The highest BCUT2D eigenvalue weighted by molar-refractivity contribution is 7.99. The maximum Gasteiger partial charge on any atom is 0.331 e. The molecule has 0 radical (unpaired) electrons. The number of aryl methyl sites for hydroxylation is 1. The zero-order valence-electron chi connectivity index (χ0n) is 10.9. The lowest BCUT2D eigenvalue weighted by Crippen LogP contribution is -1.99. The van der Waals surface area contributed by atoms with Crippen molar-refractivity contribution in [2.45, 2.75) is 25.4 Å². The Kier molecular flexibility index (Phi) is 4.27. The van der Waals surface area contributed by atoms with Crippen molar-refractivity contribution < 1.29 is 9.90 Å². The number of rotatable bonds is 5. The van der Waals surface area contributed by atoms with E-state index in [9.17, 15) is 4.79 Å². The molecule has 0 aliphatic heterocycles. The van der Waals surface area contributed by atoms with Gasteiger partial charge < -0.3 is 10.1 Å². The molecule has 0 unspecified atom stereocenters. The van der Waals surface area contributed by atoms with E-state index in [1.807, 2.05) is 26.0 Å². The van der Waals surface area contributed by atoms with Crippen LogP contribution in [0.5, 0.6) is 0 Å². The van der Waals surface area contributed by atoms with Crippen molar-refractivity contribution in [2.75, 3.05) is 5.75 Å². The number of aromatic amines is 1. The van der Waals surface area contributed by atoms with E-state index in [-0.39, 0.29) is 0 Å². The summed E-state index contributed by atoms with van der Waals surface area (Å²) in [6, 6.07) is 6.06. The third-order valence-electron chi connectivity index (χ3n) is 2.82. The van der Waals surface area contributed by atoms with Crippen LogP contribution in [0.15, 0.2) is 35.0 Å². The number of imidazole rings is 1. The Hall–Kier alpha value is -1.75. The van der Waals surface area contributed by atoms with E-state index in [0.29, 0.717) is 17.7 Å². The van der Waals surface area contributed by atoms with Crippen molar-refractivity contribution in [2.24, 2.45) is 0 Å². The summed E-state index contributed by atoms with van der Waals surface area (Å²) in [6.45, 7) is 3.88. The fraction of sp³-hybridized carbons (Fsp3) is 0.286. The summed E-state index contributed by atoms with van der Waals surface area (Å²) in [4.78, 5) is 18.5. The second-order valence-corrected chi connectivity index (χ2v) is 5.27. The van der Waals surface area contributed by atoms with Crippen LogP contribution in [0.4, 0.5) is 0 Å². The number of H-pyrrole nitrogens is 1. The largest absolute Gasteiger partial charge is 0.478 e. The van der Waals surface area contributed by atoms with Crippen molar-refractivity contribution >= 4 is 28.8 Å². The molecule has 0 fully saturated rings. The van der Waals surface area contributed by atoms with E-state index in [2.05, 4.69) is 16.0 Å². The van der Waals surface area contributed by atoms with Crippen LogP contribution in [0.25, 0.3) is 11.0 Å². The molecule has 0 aliphatic rings. The highest BCUT2D eigenvalue weighted by atomic mass is 32.2. The van der Waals surface area contributed by atoms with Crippen molar-refractivity contribution in [1.82, 2.24) is 9.97 Å². The fourth-order valence-electron chi connectivity index (χ4n) is 1.77. The molecule has 5 heteroatoms. The topological polar surface area (TPSA) is 66.0 Å². The van der Waals surface area contributed by atoms with Crippen LogP contribution in [0.2, 0.25) is 0 Å². The maximum absolute atomic E-state index is 10.9. The molecule has 0 spiro atoms. The first-order chi connectivity index (χ1) is 9.10. The first-order valence-electron chi connectivity index (χ1n) is 6.11. The van der Waals surface area contributed by atoms with Gasteiger partial charge in [-0.1, -0.05) is 30.8 Å². The van der Waals surface area contributed by atoms with Gasteiger partial charge >= 0.3 is 5.97 Å².